The average molecular weight is 290 g/mol. The van der Waals surface area contributed by atoms with Crippen molar-refractivity contribution in [2.24, 2.45) is 0 Å². The molecule has 1 atom stereocenters. The SMILES string of the molecule is OCCCCCCNC1CCN(CCc2ccccc2)C1. The van der Waals surface area contributed by atoms with E-state index in [4.69, 9.17) is 5.11 Å². The van der Waals surface area contributed by atoms with Crippen LogP contribution >= 0.6 is 0 Å². The van der Waals surface area contributed by atoms with Crippen molar-refractivity contribution in [1.29, 1.82) is 0 Å². The summed E-state index contributed by atoms with van der Waals surface area (Å²) in [4.78, 5) is 2.58. The van der Waals surface area contributed by atoms with Crippen LogP contribution in [0.25, 0.3) is 0 Å². The average Bonchev–Trinajstić information content (AvgIpc) is 2.98. The van der Waals surface area contributed by atoms with Gasteiger partial charge in [0.25, 0.3) is 0 Å². The quantitative estimate of drug-likeness (QED) is 0.650. The first kappa shape index (κ1) is 16.5. The van der Waals surface area contributed by atoms with E-state index in [1.165, 1.54) is 44.5 Å². The Kier molecular flexibility index (Phi) is 7.79. The maximum atomic E-state index is 8.74. The molecule has 2 rings (SSSR count). The van der Waals surface area contributed by atoms with Gasteiger partial charge >= 0.3 is 0 Å². The van der Waals surface area contributed by atoms with Crippen LogP contribution in [0.2, 0.25) is 0 Å². The monoisotopic (exact) mass is 290 g/mol. The number of hydrogen-bond donors (Lipinski definition) is 2. The maximum Gasteiger partial charge on any atom is 0.0431 e. The van der Waals surface area contributed by atoms with E-state index >= 15 is 0 Å². The molecule has 1 unspecified atom stereocenters. The van der Waals surface area contributed by atoms with Crippen molar-refractivity contribution >= 4 is 0 Å². The molecule has 0 radical (unpaired) electrons. The number of hydrogen-bond acceptors (Lipinski definition) is 3. The lowest BCUT2D eigenvalue weighted by molar-refractivity contribution is 0.282. The van der Waals surface area contributed by atoms with E-state index in [2.05, 4.69) is 40.5 Å². The smallest absolute Gasteiger partial charge is 0.0431 e. The minimum atomic E-state index is 0.340. The Morgan fingerprint density at radius 2 is 1.90 bits per heavy atom. The molecule has 1 aromatic rings. The molecule has 1 aliphatic heterocycles. The number of nitrogens with one attached hydrogen (secondary N) is 1. The fourth-order valence-electron chi connectivity index (χ4n) is 3.03. The summed E-state index contributed by atoms with van der Waals surface area (Å²) in [5.74, 6) is 0. The van der Waals surface area contributed by atoms with E-state index in [0.717, 1.165) is 25.8 Å². The third-order valence-corrected chi connectivity index (χ3v) is 4.35. The van der Waals surface area contributed by atoms with E-state index in [1.54, 1.807) is 0 Å². The molecule has 21 heavy (non-hydrogen) atoms. The van der Waals surface area contributed by atoms with Gasteiger partial charge in [-0.3, -0.25) is 0 Å². The Morgan fingerprint density at radius 3 is 2.71 bits per heavy atom. The van der Waals surface area contributed by atoms with Crippen LogP contribution in [-0.2, 0) is 6.42 Å². The zero-order valence-electron chi connectivity index (χ0n) is 13.1. The van der Waals surface area contributed by atoms with Crippen LogP contribution in [0.15, 0.2) is 30.3 Å². The molecule has 1 fully saturated rings. The van der Waals surface area contributed by atoms with Gasteiger partial charge in [-0.1, -0.05) is 43.2 Å². The Balaban J connectivity index is 1.52. The third-order valence-electron chi connectivity index (χ3n) is 4.35. The van der Waals surface area contributed by atoms with Crippen molar-refractivity contribution < 1.29 is 5.11 Å². The maximum absolute atomic E-state index is 8.74. The van der Waals surface area contributed by atoms with Gasteiger partial charge in [-0.05, 0) is 44.3 Å². The lowest BCUT2D eigenvalue weighted by Crippen LogP contribution is -2.33. The summed E-state index contributed by atoms with van der Waals surface area (Å²) in [6, 6.07) is 11.5. The molecular formula is C18H30N2O. The number of aliphatic hydroxyl groups is 1. The molecule has 1 aliphatic rings. The van der Waals surface area contributed by atoms with Crippen LogP contribution in [0.3, 0.4) is 0 Å². The van der Waals surface area contributed by atoms with E-state index < -0.39 is 0 Å². The van der Waals surface area contributed by atoms with Gasteiger partial charge in [0.15, 0.2) is 0 Å². The van der Waals surface area contributed by atoms with Crippen LogP contribution in [0.1, 0.15) is 37.7 Å². The molecule has 118 valence electrons. The molecule has 0 aromatic heterocycles. The van der Waals surface area contributed by atoms with Gasteiger partial charge in [-0.25, -0.2) is 0 Å². The molecule has 3 nitrogen and oxygen atoms in total. The second-order valence-electron chi connectivity index (χ2n) is 6.11. The minimum absolute atomic E-state index is 0.340. The summed E-state index contributed by atoms with van der Waals surface area (Å²) in [5, 5.41) is 12.4. The Hall–Kier alpha value is -0.900. The van der Waals surface area contributed by atoms with Crippen molar-refractivity contribution in [3.8, 4) is 0 Å². The normalized spacial score (nSPS) is 19.2. The van der Waals surface area contributed by atoms with Crippen LogP contribution in [-0.4, -0.2) is 48.8 Å². The topological polar surface area (TPSA) is 35.5 Å². The van der Waals surface area contributed by atoms with Gasteiger partial charge in [0, 0.05) is 25.7 Å². The first-order chi connectivity index (χ1) is 10.4. The second-order valence-corrected chi connectivity index (χ2v) is 6.11. The molecule has 1 heterocycles. The highest BCUT2D eigenvalue weighted by atomic mass is 16.2. The first-order valence-electron chi connectivity index (χ1n) is 8.49. The molecule has 0 aliphatic carbocycles. The van der Waals surface area contributed by atoms with Crippen molar-refractivity contribution in [2.75, 3.05) is 32.8 Å². The molecule has 1 saturated heterocycles. The fourth-order valence-corrected chi connectivity index (χ4v) is 3.03. The van der Waals surface area contributed by atoms with Crippen molar-refractivity contribution in [1.82, 2.24) is 10.2 Å². The minimum Gasteiger partial charge on any atom is -0.396 e. The number of rotatable bonds is 10. The first-order valence-corrected chi connectivity index (χ1v) is 8.49. The van der Waals surface area contributed by atoms with Crippen LogP contribution in [0, 0.1) is 0 Å². The molecular weight excluding hydrogens is 260 g/mol. The van der Waals surface area contributed by atoms with Crippen LogP contribution in [0.5, 0.6) is 0 Å². The molecule has 2 N–H and O–H groups in total. The number of nitrogens with zero attached hydrogens (tertiary/aromatic N) is 1. The molecule has 0 bridgehead atoms. The van der Waals surface area contributed by atoms with Gasteiger partial charge in [-0.2, -0.15) is 0 Å². The summed E-state index contributed by atoms with van der Waals surface area (Å²) in [7, 11) is 0. The predicted molar refractivity (Wildman–Crippen MR) is 88.5 cm³/mol. The fraction of sp³-hybridized carbons (Fsp3) is 0.667. The van der Waals surface area contributed by atoms with Crippen molar-refractivity contribution in [3.63, 3.8) is 0 Å². The zero-order valence-corrected chi connectivity index (χ0v) is 13.1. The van der Waals surface area contributed by atoms with E-state index in [1.807, 2.05) is 0 Å². The van der Waals surface area contributed by atoms with Crippen molar-refractivity contribution in [3.05, 3.63) is 35.9 Å². The number of aliphatic hydroxyl groups excluding tert-OH is 1. The molecule has 1 aromatic carbocycles. The molecule has 0 saturated carbocycles. The Labute approximate surface area is 129 Å². The summed E-state index contributed by atoms with van der Waals surface area (Å²) >= 11 is 0. The third kappa shape index (κ3) is 6.60. The lowest BCUT2D eigenvalue weighted by Gasteiger charge is -2.16. The van der Waals surface area contributed by atoms with E-state index in [0.29, 0.717) is 12.6 Å². The lowest BCUT2D eigenvalue weighted by atomic mass is 10.1. The van der Waals surface area contributed by atoms with Gasteiger partial charge in [0.2, 0.25) is 0 Å². The van der Waals surface area contributed by atoms with Gasteiger partial charge < -0.3 is 15.3 Å². The highest BCUT2D eigenvalue weighted by Gasteiger charge is 2.21. The zero-order chi connectivity index (χ0) is 14.8. The predicted octanol–water partition coefficient (Wildman–Crippen LogP) is 2.45. The second kappa shape index (κ2) is 9.93. The van der Waals surface area contributed by atoms with Gasteiger partial charge in [0.05, 0.1) is 0 Å². The standard InChI is InChI=1S/C18H30N2O/c21-15-7-2-1-6-12-19-18-11-14-20(16-18)13-10-17-8-4-3-5-9-17/h3-5,8-9,18-19,21H,1-2,6-7,10-16H2. The summed E-state index contributed by atoms with van der Waals surface area (Å²) in [6.07, 6.45) is 7.03. The van der Waals surface area contributed by atoms with Crippen molar-refractivity contribution in [2.45, 2.75) is 44.6 Å². The summed E-state index contributed by atoms with van der Waals surface area (Å²) in [5.41, 5.74) is 1.44. The molecule has 0 spiro atoms. The summed E-state index contributed by atoms with van der Waals surface area (Å²) in [6.45, 7) is 5.08. The van der Waals surface area contributed by atoms with E-state index in [-0.39, 0.29) is 0 Å². The highest BCUT2D eigenvalue weighted by Crippen LogP contribution is 2.11. The number of likely N-dealkylation sites (tertiary alicyclic amines) is 1. The molecule has 0 amide bonds. The Bertz CT molecular complexity index is 369. The number of unbranched alkanes of at least 4 members (excludes halogenated alkanes) is 3. The van der Waals surface area contributed by atoms with Crippen LogP contribution in [0.4, 0.5) is 0 Å². The largest absolute Gasteiger partial charge is 0.396 e. The van der Waals surface area contributed by atoms with Crippen LogP contribution < -0.4 is 5.32 Å². The van der Waals surface area contributed by atoms with Gasteiger partial charge in [-0.15, -0.1) is 0 Å². The molecule has 3 heteroatoms. The number of benzene rings is 1. The Morgan fingerprint density at radius 1 is 1.10 bits per heavy atom. The highest BCUT2D eigenvalue weighted by molar-refractivity contribution is 5.14. The van der Waals surface area contributed by atoms with E-state index in [9.17, 15) is 0 Å². The van der Waals surface area contributed by atoms with Gasteiger partial charge in [0.1, 0.15) is 0 Å². The summed E-state index contributed by atoms with van der Waals surface area (Å²) < 4.78 is 0.